The molecule has 1 aromatic rings. The number of halogens is 2. The molecule has 0 saturated heterocycles. The zero-order valence-electron chi connectivity index (χ0n) is 8.38. The summed E-state index contributed by atoms with van der Waals surface area (Å²) in [5, 5.41) is 38.5. The number of rotatable bonds is 4. The Morgan fingerprint density at radius 2 is 2.06 bits per heavy atom. The monoisotopic (exact) mass is 309 g/mol. The number of benzene rings is 1. The number of phenolic OH excluding ortho intramolecular Hbond substituents is 1. The Balaban J connectivity index is 3.23. The van der Waals surface area contributed by atoms with Crippen molar-refractivity contribution in [3.05, 3.63) is 33.6 Å². The summed E-state index contributed by atoms with van der Waals surface area (Å²) in [6, 6.07) is 1.55. The van der Waals surface area contributed by atoms with Gasteiger partial charge in [0.15, 0.2) is 5.82 Å². The van der Waals surface area contributed by atoms with Crippen LogP contribution in [0.25, 0.3) is 0 Å². The summed E-state index contributed by atoms with van der Waals surface area (Å²) >= 11 is 2.91. The van der Waals surface area contributed by atoms with Crippen LogP contribution < -0.4 is 0 Å². The maximum atomic E-state index is 13.2. The van der Waals surface area contributed by atoms with Gasteiger partial charge in [-0.2, -0.15) is 0 Å². The first-order valence-electron chi connectivity index (χ1n) is 4.47. The van der Waals surface area contributed by atoms with E-state index in [4.69, 9.17) is 5.11 Å². The molecule has 3 N–H and O–H groups in total. The van der Waals surface area contributed by atoms with Gasteiger partial charge in [0, 0.05) is 11.4 Å². The highest BCUT2D eigenvalue weighted by molar-refractivity contribution is 9.09. The van der Waals surface area contributed by atoms with E-state index < -0.39 is 34.4 Å². The Hall–Kier alpha value is -1.25. The van der Waals surface area contributed by atoms with Crippen molar-refractivity contribution in [3.63, 3.8) is 0 Å². The van der Waals surface area contributed by atoms with Crippen molar-refractivity contribution in [2.75, 3.05) is 5.33 Å². The number of aromatic hydroxyl groups is 1. The second-order valence-corrected chi connectivity index (χ2v) is 3.94. The third-order valence-electron chi connectivity index (χ3n) is 2.13. The van der Waals surface area contributed by atoms with Gasteiger partial charge in [-0.25, -0.2) is 4.39 Å². The second-order valence-electron chi connectivity index (χ2n) is 3.29. The highest BCUT2D eigenvalue weighted by atomic mass is 79.9. The molecule has 8 heteroatoms. The molecular weight excluding hydrogens is 301 g/mol. The maximum Gasteiger partial charge on any atom is 0.314 e. The van der Waals surface area contributed by atoms with Crippen LogP contribution in [-0.4, -0.2) is 31.7 Å². The minimum absolute atomic E-state index is 0.0183. The lowest BCUT2D eigenvalue weighted by Gasteiger charge is -2.15. The molecule has 0 bridgehead atoms. The molecule has 1 aromatic carbocycles. The fourth-order valence-electron chi connectivity index (χ4n) is 1.22. The molecule has 2 unspecified atom stereocenters. The van der Waals surface area contributed by atoms with Gasteiger partial charge in [0.1, 0.15) is 6.10 Å². The molecule has 0 heterocycles. The van der Waals surface area contributed by atoms with Crippen LogP contribution >= 0.6 is 15.9 Å². The number of hydrogen-bond acceptors (Lipinski definition) is 5. The number of nitro benzene ring substituents is 1. The first-order valence-corrected chi connectivity index (χ1v) is 5.59. The lowest BCUT2D eigenvalue weighted by atomic mass is 10.0. The molecular formula is C9H9BrFNO5. The lowest BCUT2D eigenvalue weighted by Crippen LogP contribution is -2.19. The number of nitro groups is 1. The Labute approximate surface area is 104 Å². The van der Waals surface area contributed by atoms with Crippen molar-refractivity contribution in [3.8, 4) is 5.75 Å². The van der Waals surface area contributed by atoms with Crippen molar-refractivity contribution in [2.24, 2.45) is 0 Å². The van der Waals surface area contributed by atoms with E-state index >= 15 is 0 Å². The molecule has 0 aromatic heterocycles. The highest BCUT2D eigenvalue weighted by Crippen LogP contribution is 2.33. The number of aliphatic hydroxyl groups is 2. The lowest BCUT2D eigenvalue weighted by molar-refractivity contribution is -0.386. The van der Waals surface area contributed by atoms with Crippen molar-refractivity contribution >= 4 is 21.6 Å². The molecule has 1 rings (SSSR count). The highest BCUT2D eigenvalue weighted by Gasteiger charge is 2.25. The van der Waals surface area contributed by atoms with E-state index in [2.05, 4.69) is 15.9 Å². The van der Waals surface area contributed by atoms with Crippen LogP contribution in [0.15, 0.2) is 12.1 Å². The zero-order valence-corrected chi connectivity index (χ0v) is 9.96. The molecule has 0 fully saturated rings. The standard InChI is InChI=1S/C9H9BrFNO5/c10-3-7(13)8(14)4-1-5(11)9(15)6(2-4)12(16)17/h1-2,7-8,13-15H,3H2. The first-order chi connectivity index (χ1) is 7.88. The van der Waals surface area contributed by atoms with E-state index in [0.29, 0.717) is 0 Å². The molecule has 0 amide bonds. The van der Waals surface area contributed by atoms with Crippen LogP contribution in [-0.2, 0) is 0 Å². The summed E-state index contributed by atoms with van der Waals surface area (Å²) in [5.74, 6) is -2.32. The number of aliphatic hydroxyl groups excluding tert-OH is 2. The SMILES string of the molecule is O=[N+]([O-])c1cc(C(O)C(O)CBr)cc(F)c1O. The van der Waals surface area contributed by atoms with Crippen molar-refractivity contribution in [1.82, 2.24) is 0 Å². The van der Waals surface area contributed by atoms with E-state index in [1.54, 1.807) is 0 Å². The molecule has 0 aliphatic rings. The van der Waals surface area contributed by atoms with E-state index in [1.165, 1.54) is 0 Å². The smallest absolute Gasteiger partial charge is 0.314 e. The molecule has 0 spiro atoms. The van der Waals surface area contributed by atoms with Crippen molar-refractivity contribution in [1.29, 1.82) is 0 Å². The Kier molecular flexibility index (Phi) is 4.38. The van der Waals surface area contributed by atoms with Gasteiger partial charge < -0.3 is 15.3 Å². The fraction of sp³-hybridized carbons (Fsp3) is 0.333. The van der Waals surface area contributed by atoms with Crippen LogP contribution in [0.5, 0.6) is 5.75 Å². The van der Waals surface area contributed by atoms with Crippen LogP contribution in [0, 0.1) is 15.9 Å². The van der Waals surface area contributed by atoms with Crippen LogP contribution in [0.2, 0.25) is 0 Å². The summed E-state index contributed by atoms with van der Waals surface area (Å²) in [7, 11) is 0. The Morgan fingerprint density at radius 3 is 2.53 bits per heavy atom. The van der Waals surface area contributed by atoms with E-state index in [-0.39, 0.29) is 10.9 Å². The largest absolute Gasteiger partial charge is 0.500 e. The first kappa shape index (κ1) is 13.8. The van der Waals surface area contributed by atoms with Crippen LogP contribution in [0.4, 0.5) is 10.1 Å². The third-order valence-corrected chi connectivity index (χ3v) is 2.79. The molecule has 94 valence electrons. The van der Waals surface area contributed by atoms with Crippen molar-refractivity contribution in [2.45, 2.75) is 12.2 Å². The Bertz CT molecular complexity index is 442. The number of hydrogen-bond donors (Lipinski definition) is 3. The predicted octanol–water partition coefficient (Wildman–Crippen LogP) is 1.23. The van der Waals surface area contributed by atoms with Crippen LogP contribution in [0.1, 0.15) is 11.7 Å². The quantitative estimate of drug-likeness (QED) is 0.441. The fourth-order valence-corrected chi connectivity index (χ4v) is 1.58. The maximum absolute atomic E-state index is 13.2. The normalized spacial score (nSPS) is 14.4. The average Bonchev–Trinajstić information content (AvgIpc) is 2.30. The van der Waals surface area contributed by atoms with Crippen molar-refractivity contribution < 1.29 is 24.6 Å². The number of phenols is 1. The molecule has 0 aliphatic carbocycles. The molecule has 0 aliphatic heterocycles. The molecule has 6 nitrogen and oxygen atoms in total. The molecule has 0 saturated carbocycles. The summed E-state index contributed by atoms with van der Waals surface area (Å²) in [5.41, 5.74) is -1.04. The minimum atomic E-state index is -1.48. The number of alkyl halides is 1. The van der Waals surface area contributed by atoms with Gasteiger partial charge >= 0.3 is 5.69 Å². The van der Waals surface area contributed by atoms with E-state index in [1.807, 2.05) is 0 Å². The van der Waals surface area contributed by atoms with Crippen LogP contribution in [0.3, 0.4) is 0 Å². The topological polar surface area (TPSA) is 104 Å². The van der Waals surface area contributed by atoms with E-state index in [0.717, 1.165) is 12.1 Å². The predicted molar refractivity (Wildman–Crippen MR) is 59.5 cm³/mol. The molecule has 0 radical (unpaired) electrons. The van der Waals surface area contributed by atoms with E-state index in [9.17, 15) is 24.7 Å². The molecule has 2 atom stereocenters. The summed E-state index contributed by atoms with van der Waals surface area (Å²) in [4.78, 5) is 9.54. The number of nitrogens with zero attached hydrogens (tertiary/aromatic N) is 1. The van der Waals surface area contributed by atoms with Gasteiger partial charge in [-0.3, -0.25) is 10.1 Å². The minimum Gasteiger partial charge on any atom is -0.500 e. The third kappa shape index (κ3) is 2.90. The van der Waals surface area contributed by atoms with Gasteiger partial charge in [0.2, 0.25) is 5.75 Å². The second kappa shape index (κ2) is 5.39. The van der Waals surface area contributed by atoms with Gasteiger partial charge in [-0.05, 0) is 11.6 Å². The Morgan fingerprint density at radius 1 is 1.47 bits per heavy atom. The zero-order chi connectivity index (χ0) is 13.2. The average molecular weight is 310 g/mol. The summed E-state index contributed by atoms with van der Waals surface area (Å²) in [6.07, 6.45) is -2.72. The summed E-state index contributed by atoms with van der Waals surface area (Å²) in [6.45, 7) is 0. The summed E-state index contributed by atoms with van der Waals surface area (Å²) < 4.78 is 13.2. The van der Waals surface area contributed by atoms with Gasteiger partial charge in [0.05, 0.1) is 11.0 Å². The molecule has 17 heavy (non-hydrogen) atoms. The van der Waals surface area contributed by atoms with Gasteiger partial charge in [0.25, 0.3) is 0 Å². The van der Waals surface area contributed by atoms with Gasteiger partial charge in [-0.1, -0.05) is 15.9 Å². The van der Waals surface area contributed by atoms with Gasteiger partial charge in [-0.15, -0.1) is 0 Å².